The lowest BCUT2D eigenvalue weighted by molar-refractivity contribution is -0.154. The molecule has 1 aromatic carbocycles. The zero-order chi connectivity index (χ0) is 15.8. The van der Waals surface area contributed by atoms with Crippen molar-refractivity contribution in [3.63, 3.8) is 0 Å². The van der Waals surface area contributed by atoms with Gasteiger partial charge in [-0.15, -0.1) is 0 Å². The molecular formula is C16H21NO4S. The smallest absolute Gasteiger partial charge is 0.314 e. The molecule has 2 heterocycles. The zero-order valence-corrected chi connectivity index (χ0v) is 13.5. The van der Waals surface area contributed by atoms with E-state index in [1.807, 2.05) is 30.3 Å². The van der Waals surface area contributed by atoms with Gasteiger partial charge in [-0.1, -0.05) is 30.3 Å². The summed E-state index contributed by atoms with van der Waals surface area (Å²) in [6, 6.07) is 10.0. The first-order chi connectivity index (χ1) is 10.5. The second kappa shape index (κ2) is 5.66. The maximum Gasteiger partial charge on any atom is 0.314 e. The van der Waals surface area contributed by atoms with Crippen LogP contribution in [-0.4, -0.2) is 50.5 Å². The van der Waals surface area contributed by atoms with Crippen molar-refractivity contribution in [2.24, 2.45) is 11.3 Å². The van der Waals surface area contributed by atoms with Gasteiger partial charge in [0.15, 0.2) is 9.84 Å². The predicted octanol–water partition coefficient (Wildman–Crippen LogP) is 1.10. The number of hydrogen-bond acceptors (Lipinski definition) is 5. The topological polar surface area (TPSA) is 63.7 Å². The highest BCUT2D eigenvalue weighted by Crippen LogP contribution is 2.45. The summed E-state index contributed by atoms with van der Waals surface area (Å²) in [7, 11) is -3.15. The van der Waals surface area contributed by atoms with E-state index in [2.05, 4.69) is 4.90 Å². The van der Waals surface area contributed by atoms with E-state index in [4.69, 9.17) is 4.74 Å². The van der Waals surface area contributed by atoms with Crippen LogP contribution in [0.25, 0.3) is 0 Å². The van der Waals surface area contributed by atoms with Crippen LogP contribution in [-0.2, 0) is 25.9 Å². The van der Waals surface area contributed by atoms with Gasteiger partial charge in [-0.2, -0.15) is 0 Å². The Morgan fingerprint density at radius 3 is 2.77 bits per heavy atom. The molecule has 0 N–H and O–H groups in total. The molecule has 22 heavy (non-hydrogen) atoms. The molecule has 6 heteroatoms. The van der Waals surface area contributed by atoms with E-state index in [0.29, 0.717) is 13.1 Å². The molecule has 2 fully saturated rings. The average molecular weight is 323 g/mol. The summed E-state index contributed by atoms with van der Waals surface area (Å²) < 4.78 is 29.2. The molecule has 3 rings (SSSR count). The zero-order valence-electron chi connectivity index (χ0n) is 12.7. The summed E-state index contributed by atoms with van der Waals surface area (Å²) in [6.07, 6.45) is 0. The minimum Gasteiger partial charge on any atom is -0.465 e. The van der Waals surface area contributed by atoms with Gasteiger partial charge in [0.2, 0.25) is 0 Å². The van der Waals surface area contributed by atoms with Crippen LogP contribution in [0.15, 0.2) is 30.3 Å². The van der Waals surface area contributed by atoms with Crippen LogP contribution < -0.4 is 0 Å². The predicted molar refractivity (Wildman–Crippen MR) is 82.9 cm³/mol. The molecule has 2 saturated heterocycles. The first-order valence-corrected chi connectivity index (χ1v) is 9.41. The number of carbonyl (C=O) groups is 1. The Labute approximate surface area is 131 Å². The van der Waals surface area contributed by atoms with Crippen LogP contribution in [0.5, 0.6) is 0 Å². The SMILES string of the molecule is CCOC(=O)[C@]12CN(Cc3ccccc3)C[C@H]1CS(=O)(=O)C2. The molecule has 2 aliphatic rings. The molecule has 2 aliphatic heterocycles. The lowest BCUT2D eigenvalue weighted by atomic mass is 9.81. The molecule has 0 radical (unpaired) electrons. The van der Waals surface area contributed by atoms with E-state index in [-0.39, 0.29) is 30.0 Å². The van der Waals surface area contributed by atoms with Crippen LogP contribution in [0.4, 0.5) is 0 Å². The monoisotopic (exact) mass is 323 g/mol. The van der Waals surface area contributed by atoms with Gasteiger partial charge < -0.3 is 4.74 Å². The molecule has 0 spiro atoms. The van der Waals surface area contributed by atoms with Gasteiger partial charge in [0.25, 0.3) is 0 Å². The normalized spacial score (nSPS) is 30.1. The number of carbonyl (C=O) groups excluding carboxylic acids is 1. The fourth-order valence-corrected chi connectivity index (χ4v) is 6.12. The van der Waals surface area contributed by atoms with Gasteiger partial charge in [-0.05, 0) is 12.5 Å². The van der Waals surface area contributed by atoms with Crippen molar-refractivity contribution in [2.75, 3.05) is 31.2 Å². The van der Waals surface area contributed by atoms with Crippen molar-refractivity contribution in [3.05, 3.63) is 35.9 Å². The lowest BCUT2D eigenvalue weighted by Gasteiger charge is -2.25. The van der Waals surface area contributed by atoms with Gasteiger partial charge in [-0.3, -0.25) is 9.69 Å². The Morgan fingerprint density at radius 2 is 2.09 bits per heavy atom. The fourth-order valence-electron chi connectivity index (χ4n) is 3.74. The van der Waals surface area contributed by atoms with Crippen LogP contribution >= 0.6 is 0 Å². The number of rotatable bonds is 4. The van der Waals surface area contributed by atoms with Gasteiger partial charge >= 0.3 is 5.97 Å². The second-order valence-corrected chi connectivity index (χ2v) is 8.39. The van der Waals surface area contributed by atoms with Gasteiger partial charge in [0.1, 0.15) is 0 Å². The van der Waals surface area contributed by atoms with Crippen molar-refractivity contribution in [2.45, 2.75) is 13.5 Å². The average Bonchev–Trinajstić information content (AvgIpc) is 2.89. The first-order valence-electron chi connectivity index (χ1n) is 7.59. The number of likely N-dealkylation sites (tertiary alicyclic amines) is 1. The third-order valence-corrected chi connectivity index (χ3v) is 6.49. The van der Waals surface area contributed by atoms with Gasteiger partial charge in [0.05, 0.1) is 23.5 Å². The maximum atomic E-state index is 12.4. The van der Waals surface area contributed by atoms with Crippen LogP contribution in [0.3, 0.4) is 0 Å². The number of esters is 1. The summed E-state index contributed by atoms with van der Waals surface area (Å²) in [5.74, 6) is -0.483. The standard InChI is InChI=1S/C16H21NO4S/c1-2-21-15(18)16-11-17(8-13-6-4-3-5-7-13)9-14(16)10-22(19,20)12-16/h3-7,14H,2,8-12H2,1H3/t14-,16-/m0/s1. The maximum absolute atomic E-state index is 12.4. The molecule has 120 valence electrons. The largest absolute Gasteiger partial charge is 0.465 e. The summed E-state index contributed by atoms with van der Waals surface area (Å²) in [4.78, 5) is 14.6. The lowest BCUT2D eigenvalue weighted by Crippen LogP contribution is -2.41. The summed E-state index contributed by atoms with van der Waals surface area (Å²) in [5, 5.41) is 0. The summed E-state index contributed by atoms with van der Waals surface area (Å²) >= 11 is 0. The van der Waals surface area contributed by atoms with Crippen molar-refractivity contribution in [1.82, 2.24) is 4.90 Å². The Bertz CT molecular complexity index is 658. The molecule has 5 nitrogen and oxygen atoms in total. The van der Waals surface area contributed by atoms with E-state index >= 15 is 0 Å². The van der Waals surface area contributed by atoms with Gasteiger partial charge in [-0.25, -0.2) is 8.42 Å². The van der Waals surface area contributed by atoms with E-state index in [0.717, 1.165) is 6.54 Å². The molecule has 0 aliphatic carbocycles. The molecule has 0 aromatic heterocycles. The van der Waals surface area contributed by atoms with E-state index in [1.165, 1.54) is 5.56 Å². The van der Waals surface area contributed by atoms with E-state index < -0.39 is 15.3 Å². The summed E-state index contributed by atoms with van der Waals surface area (Å²) in [5.41, 5.74) is 0.299. The number of benzene rings is 1. The number of hydrogen-bond donors (Lipinski definition) is 0. The minimum absolute atomic E-state index is 0.0746. The van der Waals surface area contributed by atoms with E-state index in [1.54, 1.807) is 6.92 Å². The minimum atomic E-state index is -3.15. The number of nitrogens with zero attached hydrogens (tertiary/aromatic N) is 1. The van der Waals surface area contributed by atoms with Crippen molar-refractivity contribution in [1.29, 1.82) is 0 Å². The van der Waals surface area contributed by atoms with Crippen LogP contribution in [0.2, 0.25) is 0 Å². The second-order valence-electron chi connectivity index (χ2n) is 6.28. The Morgan fingerprint density at radius 1 is 1.36 bits per heavy atom. The first kappa shape index (κ1) is 15.5. The molecule has 0 bridgehead atoms. The quantitative estimate of drug-likeness (QED) is 0.776. The highest BCUT2D eigenvalue weighted by atomic mass is 32.2. The Hall–Kier alpha value is -1.40. The third-order valence-electron chi connectivity index (χ3n) is 4.63. The molecular weight excluding hydrogens is 302 g/mol. The highest BCUT2D eigenvalue weighted by Gasteiger charge is 2.60. The van der Waals surface area contributed by atoms with Crippen LogP contribution in [0.1, 0.15) is 12.5 Å². The molecule has 2 atom stereocenters. The summed E-state index contributed by atoms with van der Waals surface area (Å²) in [6.45, 7) is 3.87. The molecule has 0 amide bonds. The number of ether oxygens (including phenoxy) is 1. The number of sulfone groups is 1. The highest BCUT2D eigenvalue weighted by molar-refractivity contribution is 7.91. The Kier molecular flexibility index (Phi) is 3.99. The molecule has 1 aromatic rings. The van der Waals surface area contributed by atoms with Crippen molar-refractivity contribution >= 4 is 15.8 Å². The van der Waals surface area contributed by atoms with Crippen LogP contribution in [0, 0.1) is 11.3 Å². The number of fused-ring (bicyclic) bond motifs is 1. The van der Waals surface area contributed by atoms with E-state index in [9.17, 15) is 13.2 Å². The fraction of sp³-hybridized carbons (Fsp3) is 0.562. The third kappa shape index (κ3) is 2.77. The molecule has 0 unspecified atom stereocenters. The van der Waals surface area contributed by atoms with Crippen molar-refractivity contribution < 1.29 is 17.9 Å². The molecule has 0 saturated carbocycles. The van der Waals surface area contributed by atoms with Crippen molar-refractivity contribution in [3.8, 4) is 0 Å². The Balaban J connectivity index is 1.80. The van der Waals surface area contributed by atoms with Gasteiger partial charge in [0, 0.05) is 25.6 Å².